The van der Waals surface area contributed by atoms with E-state index in [0.717, 1.165) is 18.3 Å². The molecule has 3 heteroatoms. The molecular formula is C10H12FNO. The molecular weight excluding hydrogens is 169 g/mol. The summed E-state index contributed by atoms with van der Waals surface area (Å²) in [6.45, 7) is 0.550. The highest BCUT2D eigenvalue weighted by atomic mass is 19.1. The van der Waals surface area contributed by atoms with Crippen LogP contribution >= 0.6 is 0 Å². The zero-order valence-corrected chi connectivity index (χ0v) is 7.29. The van der Waals surface area contributed by atoms with Gasteiger partial charge in [-0.15, -0.1) is 0 Å². The van der Waals surface area contributed by atoms with Crippen LogP contribution in [0.5, 0.6) is 0 Å². The van der Waals surface area contributed by atoms with Crippen LogP contribution in [0, 0.1) is 5.82 Å². The number of carbonyl (C=O) groups excluding carboxylic acids is 1. The van der Waals surface area contributed by atoms with Crippen molar-refractivity contribution < 1.29 is 9.18 Å². The smallest absolute Gasteiger partial charge is 0.150 e. The highest BCUT2D eigenvalue weighted by Gasteiger charge is 2.02. The molecule has 0 radical (unpaired) electrons. The van der Waals surface area contributed by atoms with E-state index in [2.05, 4.69) is 0 Å². The summed E-state index contributed by atoms with van der Waals surface area (Å²) in [7, 11) is 0. The number of hydrogen-bond acceptors (Lipinski definition) is 2. The highest BCUT2D eigenvalue weighted by molar-refractivity contribution is 5.77. The molecule has 0 aliphatic carbocycles. The molecule has 0 spiro atoms. The molecule has 0 saturated heterocycles. The Labute approximate surface area is 76.6 Å². The van der Waals surface area contributed by atoms with Gasteiger partial charge >= 0.3 is 0 Å². The van der Waals surface area contributed by atoms with Crippen molar-refractivity contribution in [2.45, 2.75) is 12.8 Å². The van der Waals surface area contributed by atoms with Crippen molar-refractivity contribution in [1.29, 1.82) is 0 Å². The quantitative estimate of drug-likeness (QED) is 0.716. The van der Waals surface area contributed by atoms with Crippen LogP contribution in [-0.2, 0) is 6.42 Å². The van der Waals surface area contributed by atoms with Crippen LogP contribution in [0.2, 0.25) is 0 Å². The van der Waals surface area contributed by atoms with Crippen LogP contribution in [0.1, 0.15) is 22.3 Å². The molecule has 0 aliphatic heterocycles. The van der Waals surface area contributed by atoms with E-state index in [4.69, 9.17) is 5.73 Å². The molecule has 0 bridgehead atoms. The largest absolute Gasteiger partial charge is 0.330 e. The van der Waals surface area contributed by atoms with Crippen LogP contribution < -0.4 is 5.73 Å². The first kappa shape index (κ1) is 9.86. The van der Waals surface area contributed by atoms with Crippen molar-refractivity contribution >= 4 is 6.29 Å². The fourth-order valence-corrected chi connectivity index (χ4v) is 1.20. The maximum Gasteiger partial charge on any atom is 0.150 e. The van der Waals surface area contributed by atoms with Crippen LogP contribution in [0.15, 0.2) is 18.2 Å². The second kappa shape index (κ2) is 4.72. The third-order valence-electron chi connectivity index (χ3n) is 1.88. The number of rotatable bonds is 4. The fourth-order valence-electron chi connectivity index (χ4n) is 1.20. The van der Waals surface area contributed by atoms with E-state index in [1.165, 1.54) is 18.2 Å². The van der Waals surface area contributed by atoms with Gasteiger partial charge in [-0.3, -0.25) is 4.79 Å². The summed E-state index contributed by atoms with van der Waals surface area (Å²) in [5, 5.41) is 0. The van der Waals surface area contributed by atoms with E-state index in [1.807, 2.05) is 0 Å². The molecule has 0 atom stereocenters. The summed E-state index contributed by atoms with van der Waals surface area (Å²) in [6, 6.07) is 4.17. The summed E-state index contributed by atoms with van der Waals surface area (Å²) >= 11 is 0. The first-order chi connectivity index (χ1) is 6.27. The third kappa shape index (κ3) is 2.63. The first-order valence-electron chi connectivity index (χ1n) is 4.21. The van der Waals surface area contributed by atoms with Crippen molar-refractivity contribution in [3.63, 3.8) is 0 Å². The second-order valence-electron chi connectivity index (χ2n) is 2.85. The Bertz CT molecular complexity index is 299. The van der Waals surface area contributed by atoms with E-state index in [9.17, 15) is 9.18 Å². The Hall–Kier alpha value is -1.22. The Morgan fingerprint density at radius 3 is 2.85 bits per heavy atom. The van der Waals surface area contributed by atoms with Gasteiger partial charge in [0.2, 0.25) is 0 Å². The summed E-state index contributed by atoms with van der Waals surface area (Å²) < 4.78 is 12.8. The van der Waals surface area contributed by atoms with E-state index in [0.29, 0.717) is 18.5 Å². The second-order valence-corrected chi connectivity index (χ2v) is 2.85. The molecule has 1 rings (SSSR count). The zero-order chi connectivity index (χ0) is 9.68. The monoisotopic (exact) mass is 181 g/mol. The summed E-state index contributed by atoms with van der Waals surface area (Å²) in [5.41, 5.74) is 6.61. The molecule has 0 amide bonds. The molecule has 13 heavy (non-hydrogen) atoms. The minimum Gasteiger partial charge on any atom is -0.330 e. The normalized spacial score (nSPS) is 10.0. The minimum absolute atomic E-state index is 0.308. The number of halogens is 1. The van der Waals surface area contributed by atoms with E-state index in [-0.39, 0.29) is 5.82 Å². The minimum atomic E-state index is -0.308. The number of nitrogens with two attached hydrogens (primary N) is 1. The van der Waals surface area contributed by atoms with Gasteiger partial charge in [0, 0.05) is 5.56 Å². The van der Waals surface area contributed by atoms with Gasteiger partial charge < -0.3 is 5.73 Å². The lowest BCUT2D eigenvalue weighted by molar-refractivity contribution is 0.112. The number of aldehydes is 1. The lowest BCUT2D eigenvalue weighted by Gasteiger charge is -2.03. The lowest BCUT2D eigenvalue weighted by Crippen LogP contribution is -2.02. The van der Waals surface area contributed by atoms with Crippen molar-refractivity contribution in [2.75, 3.05) is 6.54 Å². The van der Waals surface area contributed by atoms with Crippen LogP contribution in [0.4, 0.5) is 4.39 Å². The highest BCUT2D eigenvalue weighted by Crippen LogP contribution is 2.11. The van der Waals surface area contributed by atoms with E-state index >= 15 is 0 Å². The Morgan fingerprint density at radius 1 is 1.46 bits per heavy atom. The van der Waals surface area contributed by atoms with Crippen molar-refractivity contribution in [3.05, 3.63) is 35.1 Å². The number of hydrogen-bond donors (Lipinski definition) is 1. The standard InChI is InChI=1S/C10H12FNO/c11-10-4-3-9(7-13)8(6-10)2-1-5-12/h3-4,6-7H,1-2,5,12H2. The summed E-state index contributed by atoms with van der Waals surface area (Å²) in [5.74, 6) is -0.308. The SMILES string of the molecule is NCCCc1cc(F)ccc1C=O. The molecule has 70 valence electrons. The van der Waals surface area contributed by atoms with Crippen molar-refractivity contribution in [1.82, 2.24) is 0 Å². The van der Waals surface area contributed by atoms with Crippen LogP contribution in [0.3, 0.4) is 0 Å². The molecule has 0 saturated carbocycles. The molecule has 0 aliphatic rings. The van der Waals surface area contributed by atoms with Gasteiger partial charge in [-0.2, -0.15) is 0 Å². The molecule has 1 aromatic carbocycles. The lowest BCUT2D eigenvalue weighted by atomic mass is 10.0. The van der Waals surface area contributed by atoms with E-state index in [1.54, 1.807) is 0 Å². The van der Waals surface area contributed by atoms with Gasteiger partial charge in [-0.05, 0) is 43.1 Å². The van der Waals surface area contributed by atoms with Gasteiger partial charge in [0.15, 0.2) is 0 Å². The molecule has 2 N–H and O–H groups in total. The predicted octanol–water partition coefficient (Wildman–Crippen LogP) is 1.53. The maximum atomic E-state index is 12.8. The fraction of sp³-hybridized carbons (Fsp3) is 0.300. The number of carbonyl (C=O) groups is 1. The summed E-state index contributed by atoms with van der Waals surface area (Å²) in [4.78, 5) is 10.5. The predicted molar refractivity (Wildman–Crippen MR) is 49.2 cm³/mol. The van der Waals surface area contributed by atoms with Gasteiger partial charge in [0.1, 0.15) is 12.1 Å². The molecule has 2 nitrogen and oxygen atoms in total. The average Bonchev–Trinajstić information content (AvgIpc) is 2.15. The van der Waals surface area contributed by atoms with Gasteiger partial charge in [0.05, 0.1) is 0 Å². The number of benzene rings is 1. The topological polar surface area (TPSA) is 43.1 Å². The first-order valence-corrected chi connectivity index (χ1v) is 4.21. The van der Waals surface area contributed by atoms with Crippen LogP contribution in [0.25, 0.3) is 0 Å². The van der Waals surface area contributed by atoms with Crippen molar-refractivity contribution in [2.24, 2.45) is 5.73 Å². The molecule has 1 aromatic rings. The molecule has 0 heterocycles. The zero-order valence-electron chi connectivity index (χ0n) is 7.29. The molecule has 0 aromatic heterocycles. The van der Waals surface area contributed by atoms with Gasteiger partial charge in [-0.25, -0.2) is 4.39 Å². The van der Waals surface area contributed by atoms with Crippen molar-refractivity contribution in [3.8, 4) is 0 Å². The average molecular weight is 181 g/mol. The molecule has 0 fully saturated rings. The number of aryl methyl sites for hydroxylation is 1. The molecule has 0 unspecified atom stereocenters. The Kier molecular flexibility index (Phi) is 3.58. The third-order valence-corrected chi connectivity index (χ3v) is 1.88. The Balaban J connectivity index is 2.87. The van der Waals surface area contributed by atoms with Gasteiger partial charge in [-0.1, -0.05) is 0 Å². The Morgan fingerprint density at radius 2 is 2.23 bits per heavy atom. The maximum absolute atomic E-state index is 12.8. The summed E-state index contributed by atoms with van der Waals surface area (Å²) in [6.07, 6.45) is 2.16. The van der Waals surface area contributed by atoms with E-state index < -0.39 is 0 Å². The van der Waals surface area contributed by atoms with Crippen LogP contribution in [-0.4, -0.2) is 12.8 Å². The van der Waals surface area contributed by atoms with Gasteiger partial charge in [0.25, 0.3) is 0 Å².